The second-order valence-electron chi connectivity index (χ2n) is 8.97. The highest BCUT2D eigenvalue weighted by atomic mass is 32.1. The van der Waals surface area contributed by atoms with Crippen molar-refractivity contribution in [1.82, 2.24) is 19.5 Å². The van der Waals surface area contributed by atoms with E-state index >= 15 is 0 Å². The van der Waals surface area contributed by atoms with Gasteiger partial charge in [-0.15, -0.1) is 11.3 Å². The lowest BCUT2D eigenvalue weighted by atomic mass is 9.85. The Bertz CT molecular complexity index is 1430. The Kier molecular flexibility index (Phi) is 4.64. The van der Waals surface area contributed by atoms with Gasteiger partial charge in [-0.25, -0.2) is 9.97 Å². The van der Waals surface area contributed by atoms with Crippen molar-refractivity contribution in [3.8, 4) is 0 Å². The summed E-state index contributed by atoms with van der Waals surface area (Å²) in [5.41, 5.74) is 3.27. The van der Waals surface area contributed by atoms with E-state index in [2.05, 4.69) is 10.3 Å². The van der Waals surface area contributed by atoms with Crippen molar-refractivity contribution in [2.75, 3.05) is 5.32 Å². The third-order valence-electron chi connectivity index (χ3n) is 6.87. The van der Waals surface area contributed by atoms with Crippen molar-refractivity contribution >= 4 is 44.2 Å². The molecular formula is C24H25N5O2S. The maximum absolute atomic E-state index is 13.2. The van der Waals surface area contributed by atoms with Crippen LogP contribution in [-0.4, -0.2) is 25.4 Å². The van der Waals surface area contributed by atoms with Crippen LogP contribution >= 0.6 is 11.3 Å². The summed E-state index contributed by atoms with van der Waals surface area (Å²) in [6, 6.07) is 5.75. The molecule has 0 saturated heterocycles. The molecule has 1 fully saturated rings. The maximum atomic E-state index is 13.2. The van der Waals surface area contributed by atoms with Gasteiger partial charge in [0.05, 0.1) is 21.3 Å². The molecule has 2 N–H and O–H groups in total. The molecule has 8 heteroatoms. The number of aromatic amines is 1. The number of nitrogens with one attached hydrogen (secondary N) is 2. The van der Waals surface area contributed by atoms with Gasteiger partial charge in [-0.05, 0) is 56.4 Å². The molecular weight excluding hydrogens is 422 g/mol. The van der Waals surface area contributed by atoms with Gasteiger partial charge in [0.25, 0.3) is 11.5 Å². The number of thiophene rings is 1. The zero-order valence-corrected chi connectivity index (χ0v) is 18.8. The molecule has 0 radical (unpaired) electrons. The SMILES string of the molecule is Cc1c(C(=O)Nc2ccc3nc(C4CCC4)[nH]c3c2)sc2nc3n(c(=O)c12)CCCCC3. The van der Waals surface area contributed by atoms with Crippen LogP contribution in [0.4, 0.5) is 5.69 Å². The average molecular weight is 448 g/mol. The van der Waals surface area contributed by atoms with E-state index in [1.54, 1.807) is 0 Å². The van der Waals surface area contributed by atoms with Crippen LogP contribution in [0.15, 0.2) is 23.0 Å². The Morgan fingerprint density at radius 1 is 1.19 bits per heavy atom. The van der Waals surface area contributed by atoms with Gasteiger partial charge in [0, 0.05) is 24.6 Å². The van der Waals surface area contributed by atoms with E-state index in [-0.39, 0.29) is 11.5 Å². The summed E-state index contributed by atoms with van der Waals surface area (Å²) in [5.74, 6) is 2.22. The van der Waals surface area contributed by atoms with Crippen LogP contribution in [0.3, 0.4) is 0 Å². The monoisotopic (exact) mass is 447 g/mol. The fourth-order valence-electron chi connectivity index (χ4n) is 4.80. The van der Waals surface area contributed by atoms with Gasteiger partial charge in [-0.3, -0.25) is 14.2 Å². The Balaban J connectivity index is 1.32. The summed E-state index contributed by atoms with van der Waals surface area (Å²) in [5, 5.41) is 3.59. The molecule has 2 aliphatic rings. The lowest BCUT2D eigenvalue weighted by Gasteiger charge is -2.22. The van der Waals surface area contributed by atoms with E-state index in [0.29, 0.717) is 33.2 Å². The number of fused-ring (bicyclic) bond motifs is 3. The van der Waals surface area contributed by atoms with Gasteiger partial charge >= 0.3 is 0 Å². The van der Waals surface area contributed by atoms with Crippen molar-refractivity contribution in [2.45, 2.75) is 64.3 Å². The molecule has 0 bridgehead atoms. The zero-order valence-electron chi connectivity index (χ0n) is 18.0. The molecule has 1 aromatic carbocycles. The van der Waals surface area contributed by atoms with Gasteiger partial charge in [0.2, 0.25) is 0 Å². The molecule has 0 spiro atoms. The Hall–Kier alpha value is -3.00. The third kappa shape index (κ3) is 3.16. The third-order valence-corrected chi connectivity index (χ3v) is 8.05. The highest BCUT2D eigenvalue weighted by molar-refractivity contribution is 7.20. The summed E-state index contributed by atoms with van der Waals surface area (Å²) in [6.07, 6.45) is 7.61. The molecule has 1 saturated carbocycles. The summed E-state index contributed by atoms with van der Waals surface area (Å²) < 4.78 is 1.81. The molecule has 4 aromatic rings. The number of hydrogen-bond acceptors (Lipinski definition) is 5. The van der Waals surface area contributed by atoms with Crippen molar-refractivity contribution in [2.24, 2.45) is 0 Å². The number of aryl methyl sites for hydroxylation is 2. The number of aromatic nitrogens is 4. The number of imidazole rings is 1. The van der Waals surface area contributed by atoms with E-state index < -0.39 is 0 Å². The minimum Gasteiger partial charge on any atom is -0.342 e. The van der Waals surface area contributed by atoms with Gasteiger partial charge < -0.3 is 10.3 Å². The van der Waals surface area contributed by atoms with E-state index in [4.69, 9.17) is 9.97 Å². The second kappa shape index (κ2) is 7.55. The van der Waals surface area contributed by atoms with Crippen LogP contribution < -0.4 is 10.9 Å². The topological polar surface area (TPSA) is 92.7 Å². The molecule has 1 aliphatic heterocycles. The Labute approximate surface area is 188 Å². The first-order chi connectivity index (χ1) is 15.6. The number of H-pyrrole nitrogens is 1. The molecule has 1 amide bonds. The first-order valence-corrected chi connectivity index (χ1v) is 12.2. The molecule has 7 nitrogen and oxygen atoms in total. The molecule has 164 valence electrons. The van der Waals surface area contributed by atoms with Crippen LogP contribution in [0.5, 0.6) is 0 Å². The highest BCUT2D eigenvalue weighted by Crippen LogP contribution is 2.36. The van der Waals surface area contributed by atoms with E-state index in [1.165, 1.54) is 30.6 Å². The number of anilines is 1. The normalized spacial score (nSPS) is 16.7. The first-order valence-electron chi connectivity index (χ1n) is 11.4. The Morgan fingerprint density at radius 3 is 2.88 bits per heavy atom. The molecule has 32 heavy (non-hydrogen) atoms. The minimum atomic E-state index is -0.205. The van der Waals surface area contributed by atoms with Crippen LogP contribution in [0, 0.1) is 6.92 Å². The van der Waals surface area contributed by atoms with E-state index in [9.17, 15) is 9.59 Å². The van der Waals surface area contributed by atoms with Crippen molar-refractivity contribution in [1.29, 1.82) is 0 Å². The van der Waals surface area contributed by atoms with Crippen LogP contribution in [0.25, 0.3) is 21.3 Å². The van der Waals surface area contributed by atoms with Gasteiger partial charge in [-0.2, -0.15) is 0 Å². The zero-order chi connectivity index (χ0) is 21.8. The number of nitrogens with zero attached hydrogens (tertiary/aromatic N) is 3. The quantitative estimate of drug-likeness (QED) is 0.468. The summed E-state index contributed by atoms with van der Waals surface area (Å²) in [4.78, 5) is 40.4. The van der Waals surface area contributed by atoms with E-state index in [1.807, 2.05) is 29.7 Å². The predicted octanol–water partition coefficient (Wildman–Crippen LogP) is 4.89. The smallest absolute Gasteiger partial charge is 0.266 e. The largest absolute Gasteiger partial charge is 0.342 e. The Morgan fingerprint density at radius 2 is 2.06 bits per heavy atom. The van der Waals surface area contributed by atoms with E-state index in [0.717, 1.165) is 53.9 Å². The molecule has 4 heterocycles. The van der Waals surface area contributed by atoms with Crippen LogP contribution in [0.2, 0.25) is 0 Å². The number of rotatable bonds is 3. The second-order valence-corrected chi connectivity index (χ2v) is 9.97. The van der Waals surface area contributed by atoms with Crippen LogP contribution in [-0.2, 0) is 13.0 Å². The standard InChI is InChI=1S/C24H25N5O2S/c1-13-19-23(28-18-8-3-2-4-11-29(18)24(19)31)32-20(13)22(30)25-15-9-10-16-17(12-15)27-21(26-16)14-6-5-7-14/h9-10,12,14H,2-8,11H2,1H3,(H,25,30)(H,26,27). The molecule has 3 aromatic heterocycles. The van der Waals surface area contributed by atoms with Crippen molar-refractivity contribution in [3.63, 3.8) is 0 Å². The molecule has 1 aliphatic carbocycles. The molecule has 6 rings (SSSR count). The molecule has 0 atom stereocenters. The summed E-state index contributed by atoms with van der Waals surface area (Å²) in [7, 11) is 0. The number of benzene rings is 1. The van der Waals surface area contributed by atoms with Gasteiger partial charge in [0.1, 0.15) is 16.5 Å². The number of carbonyl (C=O) groups excluding carboxylic acids is 1. The average Bonchev–Trinajstić information content (AvgIpc) is 3.18. The van der Waals surface area contributed by atoms with Crippen LogP contribution in [0.1, 0.15) is 71.3 Å². The minimum absolute atomic E-state index is 0.0119. The first kappa shape index (κ1) is 19.7. The van der Waals surface area contributed by atoms with Crippen molar-refractivity contribution in [3.05, 3.63) is 50.6 Å². The summed E-state index contributed by atoms with van der Waals surface area (Å²) >= 11 is 1.31. The lowest BCUT2D eigenvalue weighted by molar-refractivity contribution is 0.103. The summed E-state index contributed by atoms with van der Waals surface area (Å²) in [6.45, 7) is 2.56. The fraction of sp³-hybridized carbons (Fsp3) is 0.417. The fourth-order valence-corrected chi connectivity index (χ4v) is 5.88. The van der Waals surface area contributed by atoms with Gasteiger partial charge in [-0.1, -0.05) is 12.8 Å². The maximum Gasteiger partial charge on any atom is 0.266 e. The number of amides is 1. The number of hydrogen-bond donors (Lipinski definition) is 2. The predicted molar refractivity (Wildman–Crippen MR) is 127 cm³/mol. The number of carbonyl (C=O) groups is 1. The highest BCUT2D eigenvalue weighted by Gasteiger charge is 2.24. The molecule has 0 unspecified atom stereocenters. The lowest BCUT2D eigenvalue weighted by Crippen LogP contribution is -2.24. The van der Waals surface area contributed by atoms with Crippen molar-refractivity contribution < 1.29 is 4.79 Å². The van der Waals surface area contributed by atoms with Gasteiger partial charge in [0.15, 0.2) is 0 Å².